The molecule has 1 aliphatic carbocycles. The van der Waals surface area contributed by atoms with Crippen molar-refractivity contribution in [2.75, 3.05) is 47.5 Å². The van der Waals surface area contributed by atoms with Crippen LogP contribution < -0.4 is 25.8 Å². The molecule has 0 bridgehead atoms. The van der Waals surface area contributed by atoms with E-state index in [2.05, 4.69) is 0 Å². The average molecular weight is 734 g/mol. The summed E-state index contributed by atoms with van der Waals surface area (Å²) in [5, 5.41) is 1.20. The van der Waals surface area contributed by atoms with E-state index in [9.17, 15) is 23.2 Å². The van der Waals surface area contributed by atoms with E-state index in [1.54, 1.807) is 54.2 Å². The van der Waals surface area contributed by atoms with Crippen LogP contribution >= 0.6 is 11.6 Å². The van der Waals surface area contributed by atoms with Gasteiger partial charge in [-0.15, -0.1) is 0 Å². The Labute approximate surface area is 301 Å². The number of nitrogens with two attached hydrogens (primary N) is 2. The van der Waals surface area contributed by atoms with Crippen LogP contribution in [-0.2, 0) is 32.1 Å². The summed E-state index contributed by atoms with van der Waals surface area (Å²) in [4.78, 5) is 44.9. The maximum absolute atomic E-state index is 14.7. The SMILES string of the molecule is COc1ccc(COC(=O)[C@@]2(C)CCC[C@H]2C(=O)N2CCc3c(Cl)ccc(OC/C(N)=C(\C(F)F)N(C)N)c3[C@H]2CN2CCCC2=O)c(OC)c1. The van der Waals surface area contributed by atoms with Crippen molar-refractivity contribution in [2.45, 2.75) is 64.5 Å². The number of likely N-dealkylation sites (tertiary alicyclic amines) is 1. The zero-order valence-corrected chi connectivity index (χ0v) is 30.1. The molecule has 2 heterocycles. The molecule has 2 fully saturated rings. The van der Waals surface area contributed by atoms with Gasteiger partial charge >= 0.3 is 5.97 Å². The fourth-order valence-corrected chi connectivity index (χ4v) is 7.76. The summed E-state index contributed by atoms with van der Waals surface area (Å²) in [7, 11) is 4.32. The summed E-state index contributed by atoms with van der Waals surface area (Å²) in [6, 6.07) is 7.78. The molecule has 0 spiro atoms. The number of amides is 2. The van der Waals surface area contributed by atoms with E-state index in [0.29, 0.717) is 78.5 Å². The number of hydrogen-bond acceptors (Lipinski definition) is 10. The second kappa shape index (κ2) is 15.9. The third kappa shape index (κ3) is 7.81. The summed E-state index contributed by atoms with van der Waals surface area (Å²) in [5.74, 6) is 5.53. The molecule has 3 atom stereocenters. The van der Waals surface area contributed by atoms with Gasteiger partial charge in [-0.1, -0.05) is 18.0 Å². The Bertz CT molecular complexity index is 1660. The van der Waals surface area contributed by atoms with Crippen molar-refractivity contribution in [1.29, 1.82) is 0 Å². The number of halogens is 3. The topological polar surface area (TPSA) is 150 Å². The summed E-state index contributed by atoms with van der Waals surface area (Å²) >= 11 is 6.71. The van der Waals surface area contributed by atoms with Crippen molar-refractivity contribution in [3.05, 3.63) is 63.4 Å². The molecule has 15 heteroatoms. The molecule has 3 aliphatic rings. The van der Waals surface area contributed by atoms with Crippen LogP contribution in [0.15, 0.2) is 41.7 Å². The molecule has 1 saturated carbocycles. The van der Waals surface area contributed by atoms with Gasteiger partial charge in [0, 0.05) is 55.3 Å². The van der Waals surface area contributed by atoms with Gasteiger partial charge < -0.3 is 39.5 Å². The quantitative estimate of drug-likeness (QED) is 0.170. The number of rotatable bonds is 13. The van der Waals surface area contributed by atoms with E-state index >= 15 is 0 Å². The number of nitrogens with zero attached hydrogens (tertiary/aromatic N) is 3. The number of hydrazine groups is 1. The standard InChI is InChI=1S/C36H46ClF2N5O7/c1-36(35(47)51-19-21-9-10-22(48-3)17-29(21)49-4)14-5-7-24(36)34(46)44-16-13-23-25(37)11-12-28(50-20-26(40)32(33(38)39)42(2)41)31(23)27(44)18-43-15-6-8-30(43)45/h9-12,17,24,27,33H,5-8,13-16,18-20,40-41H2,1-4H3/b32-26-/t24-,27+,36-/m0/s1. The number of fused-ring (bicyclic) bond motifs is 1. The van der Waals surface area contributed by atoms with Crippen molar-refractivity contribution in [3.8, 4) is 17.2 Å². The zero-order valence-electron chi connectivity index (χ0n) is 29.4. The Kier molecular flexibility index (Phi) is 11.9. The highest BCUT2D eigenvalue weighted by molar-refractivity contribution is 6.31. The van der Waals surface area contributed by atoms with Gasteiger partial charge in [0.05, 0.1) is 37.3 Å². The Balaban J connectivity index is 1.45. The number of carbonyl (C=O) groups excluding carboxylic acids is 3. The first-order valence-electron chi connectivity index (χ1n) is 17.0. The van der Waals surface area contributed by atoms with Crippen molar-refractivity contribution < 1.29 is 42.1 Å². The van der Waals surface area contributed by atoms with Gasteiger partial charge in [-0.25, -0.2) is 14.6 Å². The Morgan fingerprint density at radius 1 is 1.10 bits per heavy atom. The molecule has 2 aromatic rings. The highest BCUT2D eigenvalue weighted by Crippen LogP contribution is 2.48. The minimum atomic E-state index is -2.93. The minimum Gasteiger partial charge on any atom is -0.497 e. The fraction of sp³-hybridized carbons (Fsp3) is 0.528. The second-order valence-corrected chi connectivity index (χ2v) is 13.8. The maximum Gasteiger partial charge on any atom is 0.312 e. The first-order chi connectivity index (χ1) is 24.3. The Hall–Kier alpha value is -4.30. The van der Waals surface area contributed by atoms with Gasteiger partial charge in [0.25, 0.3) is 6.43 Å². The van der Waals surface area contributed by atoms with E-state index < -0.39 is 42.1 Å². The zero-order chi connectivity index (χ0) is 37.0. The lowest BCUT2D eigenvalue weighted by Crippen LogP contribution is -2.50. The van der Waals surface area contributed by atoms with Crippen LogP contribution in [0.5, 0.6) is 17.2 Å². The minimum absolute atomic E-state index is 0.0398. The van der Waals surface area contributed by atoms with E-state index in [4.69, 9.17) is 42.1 Å². The molecule has 1 saturated heterocycles. The number of esters is 1. The van der Waals surface area contributed by atoms with Crippen LogP contribution in [-0.4, -0.2) is 86.5 Å². The predicted molar refractivity (Wildman–Crippen MR) is 185 cm³/mol. The molecule has 51 heavy (non-hydrogen) atoms. The summed E-state index contributed by atoms with van der Waals surface area (Å²) in [5.41, 5.74) is 6.02. The van der Waals surface area contributed by atoms with Gasteiger partial charge in [0.2, 0.25) is 11.8 Å². The summed E-state index contributed by atoms with van der Waals surface area (Å²) in [6.45, 7) is 2.26. The molecule has 278 valence electrons. The summed E-state index contributed by atoms with van der Waals surface area (Å²) < 4.78 is 50.1. The largest absolute Gasteiger partial charge is 0.497 e. The molecule has 2 aromatic carbocycles. The van der Waals surface area contributed by atoms with Crippen molar-refractivity contribution >= 4 is 29.4 Å². The van der Waals surface area contributed by atoms with Crippen LogP contribution in [0.1, 0.15) is 61.8 Å². The van der Waals surface area contributed by atoms with Gasteiger partial charge in [-0.3, -0.25) is 14.4 Å². The molecule has 5 rings (SSSR count). The van der Waals surface area contributed by atoms with Crippen LogP contribution in [0.25, 0.3) is 0 Å². The highest BCUT2D eigenvalue weighted by atomic mass is 35.5. The van der Waals surface area contributed by atoms with E-state index in [1.807, 2.05) is 0 Å². The number of methoxy groups -OCH3 is 2. The van der Waals surface area contributed by atoms with Gasteiger partial charge in [-0.05, 0) is 62.4 Å². The van der Waals surface area contributed by atoms with E-state index in [-0.39, 0.29) is 37.2 Å². The molecule has 4 N–H and O–H groups in total. The van der Waals surface area contributed by atoms with Gasteiger partial charge in [0.1, 0.15) is 36.2 Å². The molecule has 2 amide bonds. The van der Waals surface area contributed by atoms with Gasteiger partial charge in [0.15, 0.2) is 0 Å². The number of hydrogen-bond donors (Lipinski definition) is 2. The molecular formula is C36H46ClF2N5O7. The lowest BCUT2D eigenvalue weighted by Gasteiger charge is -2.43. The molecule has 0 unspecified atom stereocenters. The lowest BCUT2D eigenvalue weighted by atomic mass is 9.78. The first kappa shape index (κ1) is 37.9. The normalized spacial score (nSPS) is 22.1. The fourth-order valence-electron chi connectivity index (χ4n) is 7.50. The number of ether oxygens (including phenoxy) is 4. The van der Waals surface area contributed by atoms with Crippen LogP contribution in [0.3, 0.4) is 0 Å². The van der Waals surface area contributed by atoms with Gasteiger partial charge in [-0.2, -0.15) is 0 Å². The third-order valence-electron chi connectivity index (χ3n) is 10.3. The molecular weight excluding hydrogens is 688 g/mol. The first-order valence-corrected chi connectivity index (χ1v) is 17.3. The lowest BCUT2D eigenvalue weighted by molar-refractivity contribution is -0.164. The van der Waals surface area contributed by atoms with Crippen molar-refractivity contribution in [3.63, 3.8) is 0 Å². The number of alkyl halides is 2. The molecule has 0 radical (unpaired) electrons. The second-order valence-electron chi connectivity index (χ2n) is 13.4. The van der Waals surface area contributed by atoms with E-state index in [1.165, 1.54) is 14.2 Å². The number of carbonyl (C=O) groups is 3. The Morgan fingerprint density at radius 2 is 1.86 bits per heavy atom. The molecule has 2 aliphatic heterocycles. The molecule has 0 aromatic heterocycles. The predicted octanol–water partition coefficient (Wildman–Crippen LogP) is 4.57. The monoisotopic (exact) mass is 733 g/mol. The van der Waals surface area contributed by atoms with Crippen LogP contribution in [0.2, 0.25) is 5.02 Å². The maximum atomic E-state index is 14.7. The highest BCUT2D eigenvalue weighted by Gasteiger charge is 2.52. The number of benzene rings is 2. The number of allylic oxidation sites excluding steroid dienone is 1. The Morgan fingerprint density at radius 3 is 2.51 bits per heavy atom. The smallest absolute Gasteiger partial charge is 0.312 e. The summed E-state index contributed by atoms with van der Waals surface area (Å²) in [6.07, 6.45) is 0.0696. The van der Waals surface area contributed by atoms with Crippen molar-refractivity contribution in [1.82, 2.24) is 14.8 Å². The average Bonchev–Trinajstić information content (AvgIpc) is 3.71. The van der Waals surface area contributed by atoms with Crippen LogP contribution in [0.4, 0.5) is 8.78 Å². The third-order valence-corrected chi connectivity index (χ3v) is 10.6. The van der Waals surface area contributed by atoms with E-state index in [0.717, 1.165) is 10.6 Å². The molecule has 12 nitrogen and oxygen atoms in total. The van der Waals surface area contributed by atoms with Crippen LogP contribution in [0, 0.1) is 11.3 Å². The van der Waals surface area contributed by atoms with Crippen molar-refractivity contribution in [2.24, 2.45) is 22.9 Å².